The van der Waals surface area contributed by atoms with Gasteiger partial charge in [-0.05, 0) is 74.0 Å². The molecule has 0 radical (unpaired) electrons. The Labute approximate surface area is 192 Å². The van der Waals surface area contributed by atoms with E-state index in [2.05, 4.69) is 27.7 Å². The molecule has 0 aromatic heterocycles. The number of hydrogen-bond acceptors (Lipinski definition) is 5. The van der Waals surface area contributed by atoms with E-state index in [4.69, 9.17) is 9.47 Å². The van der Waals surface area contributed by atoms with Crippen molar-refractivity contribution in [1.29, 1.82) is 0 Å². The lowest BCUT2D eigenvalue weighted by Crippen LogP contribution is -2.64. The van der Waals surface area contributed by atoms with Gasteiger partial charge in [0, 0.05) is 29.6 Å². The van der Waals surface area contributed by atoms with Crippen molar-refractivity contribution in [3.63, 3.8) is 0 Å². The molecule has 2 N–H and O–H groups in total. The highest BCUT2D eigenvalue weighted by Crippen LogP contribution is 2.70. The highest BCUT2D eigenvalue weighted by Gasteiger charge is 2.73. The topological polar surface area (TPSA) is 76.0 Å². The van der Waals surface area contributed by atoms with Crippen LogP contribution in [-0.2, 0) is 14.3 Å². The second-order valence-corrected chi connectivity index (χ2v) is 13.1. The van der Waals surface area contributed by atoms with E-state index in [0.717, 1.165) is 58.0 Å². The third-order valence-corrected chi connectivity index (χ3v) is 11.8. The molecule has 0 bridgehead atoms. The van der Waals surface area contributed by atoms with Gasteiger partial charge in [0.1, 0.15) is 6.10 Å². The molecule has 2 aliphatic heterocycles. The minimum absolute atomic E-state index is 0.0725. The minimum atomic E-state index is -0.921. The zero-order chi connectivity index (χ0) is 22.6. The molecule has 4 aliphatic carbocycles. The molecule has 2 heterocycles. The summed E-state index contributed by atoms with van der Waals surface area (Å²) >= 11 is 0. The van der Waals surface area contributed by atoms with Crippen molar-refractivity contribution in [3.05, 3.63) is 0 Å². The quantitative estimate of drug-likeness (QED) is 0.589. The Balaban J connectivity index is 1.34. The molecule has 6 fully saturated rings. The largest absolute Gasteiger partial charge is 0.393 e. The average molecular weight is 447 g/mol. The minimum Gasteiger partial charge on any atom is -0.393 e. The molecule has 0 aromatic carbocycles. The van der Waals surface area contributed by atoms with Crippen LogP contribution < -0.4 is 0 Å². The molecule has 0 amide bonds. The van der Waals surface area contributed by atoms with Crippen LogP contribution in [0.5, 0.6) is 0 Å². The van der Waals surface area contributed by atoms with Crippen molar-refractivity contribution in [3.8, 4) is 0 Å². The molecule has 4 saturated carbocycles. The summed E-state index contributed by atoms with van der Waals surface area (Å²) in [6.07, 6.45) is 6.54. The summed E-state index contributed by atoms with van der Waals surface area (Å²) in [5.74, 6) is 1.45. The number of fused-ring (bicyclic) bond motifs is 7. The molecular formula is C27H42O5. The van der Waals surface area contributed by atoms with Crippen LogP contribution in [0, 0.1) is 52.3 Å². The Kier molecular flexibility index (Phi) is 4.83. The maximum atomic E-state index is 14.0. The van der Waals surface area contributed by atoms with Crippen LogP contribution in [0.25, 0.3) is 0 Å². The van der Waals surface area contributed by atoms with Gasteiger partial charge in [-0.15, -0.1) is 0 Å². The van der Waals surface area contributed by atoms with Gasteiger partial charge in [-0.1, -0.05) is 27.7 Å². The van der Waals surface area contributed by atoms with Gasteiger partial charge in [-0.3, -0.25) is 4.79 Å². The number of rotatable bonds is 0. The molecular weight excluding hydrogens is 404 g/mol. The second-order valence-electron chi connectivity index (χ2n) is 13.1. The van der Waals surface area contributed by atoms with Crippen molar-refractivity contribution < 1.29 is 24.5 Å². The van der Waals surface area contributed by atoms with E-state index in [1.807, 2.05) is 0 Å². The molecule has 5 heteroatoms. The second kappa shape index (κ2) is 7.02. The van der Waals surface area contributed by atoms with Gasteiger partial charge in [0.25, 0.3) is 0 Å². The van der Waals surface area contributed by atoms with Gasteiger partial charge in [-0.2, -0.15) is 0 Å². The average Bonchev–Trinajstić information content (AvgIpc) is 3.20. The molecule has 2 saturated heterocycles. The molecule has 0 aromatic rings. The number of ether oxygens (including phenoxy) is 2. The monoisotopic (exact) mass is 446 g/mol. The van der Waals surface area contributed by atoms with Crippen LogP contribution in [0.2, 0.25) is 0 Å². The molecule has 1 spiro atoms. The van der Waals surface area contributed by atoms with Gasteiger partial charge in [0.05, 0.1) is 18.8 Å². The van der Waals surface area contributed by atoms with Gasteiger partial charge < -0.3 is 19.7 Å². The lowest BCUT2D eigenvalue weighted by Gasteiger charge is -2.61. The Bertz CT molecular complexity index is 789. The van der Waals surface area contributed by atoms with Crippen molar-refractivity contribution in [2.24, 2.45) is 52.3 Å². The summed E-state index contributed by atoms with van der Waals surface area (Å²) < 4.78 is 13.1. The van der Waals surface area contributed by atoms with Crippen LogP contribution in [0.15, 0.2) is 0 Å². The first kappa shape index (κ1) is 22.0. The maximum absolute atomic E-state index is 14.0. The molecule has 5 nitrogen and oxygen atoms in total. The SMILES string of the molecule is CC1CCC2(OC1)OC1CC3C4CCC5CC(O)CCC5(C)C4C(=O)C(O)C3(C)C1C2C. The molecule has 13 atom stereocenters. The Morgan fingerprint density at radius 1 is 1.00 bits per heavy atom. The summed E-state index contributed by atoms with van der Waals surface area (Å²) in [4.78, 5) is 14.0. The standard InChI is InChI=1S/C27H42O5/c1-14-7-10-27(31-13-14)15(2)21-20(32-27)12-19-18-6-5-16-11-17(28)8-9-25(16,3)22(18)23(29)24(30)26(19,21)4/h14-22,24,28,30H,5-13H2,1-4H3. The zero-order valence-electron chi connectivity index (χ0n) is 20.3. The van der Waals surface area contributed by atoms with Crippen molar-refractivity contribution >= 4 is 5.78 Å². The number of hydrogen-bond donors (Lipinski definition) is 2. The summed E-state index contributed by atoms with van der Waals surface area (Å²) in [5, 5.41) is 22.0. The van der Waals surface area contributed by atoms with E-state index in [-0.39, 0.29) is 41.2 Å². The number of aliphatic hydroxyl groups is 2. The van der Waals surface area contributed by atoms with Crippen LogP contribution >= 0.6 is 0 Å². The van der Waals surface area contributed by atoms with E-state index >= 15 is 0 Å². The van der Waals surface area contributed by atoms with E-state index in [1.165, 1.54) is 0 Å². The molecule has 180 valence electrons. The highest BCUT2D eigenvalue weighted by molar-refractivity contribution is 5.88. The lowest BCUT2D eigenvalue weighted by molar-refractivity contribution is -0.273. The fourth-order valence-corrected chi connectivity index (χ4v) is 10.0. The van der Waals surface area contributed by atoms with Crippen LogP contribution in [0.4, 0.5) is 0 Å². The number of aliphatic hydroxyl groups excluding tert-OH is 2. The van der Waals surface area contributed by atoms with Gasteiger partial charge in [0.15, 0.2) is 11.6 Å². The normalized spacial score (nSPS) is 61.8. The summed E-state index contributed by atoms with van der Waals surface area (Å²) in [6.45, 7) is 9.70. The van der Waals surface area contributed by atoms with Gasteiger partial charge in [-0.25, -0.2) is 0 Å². The predicted octanol–water partition coefficient (Wildman–Crippen LogP) is 3.94. The number of ketones is 1. The molecule has 13 unspecified atom stereocenters. The Morgan fingerprint density at radius 3 is 2.50 bits per heavy atom. The van der Waals surface area contributed by atoms with Crippen molar-refractivity contribution in [2.75, 3.05) is 6.61 Å². The van der Waals surface area contributed by atoms with Gasteiger partial charge >= 0.3 is 0 Å². The Hall–Kier alpha value is -0.490. The number of carbonyl (C=O) groups excluding carboxylic acids is 1. The smallest absolute Gasteiger partial charge is 0.171 e. The fraction of sp³-hybridized carbons (Fsp3) is 0.963. The zero-order valence-corrected chi connectivity index (χ0v) is 20.3. The molecule has 32 heavy (non-hydrogen) atoms. The summed E-state index contributed by atoms with van der Waals surface area (Å²) in [6, 6.07) is 0. The van der Waals surface area contributed by atoms with Crippen LogP contribution in [-0.4, -0.2) is 46.7 Å². The summed E-state index contributed by atoms with van der Waals surface area (Å²) in [7, 11) is 0. The summed E-state index contributed by atoms with van der Waals surface area (Å²) in [5.41, 5.74) is -0.523. The van der Waals surface area contributed by atoms with Crippen LogP contribution in [0.1, 0.15) is 79.1 Å². The van der Waals surface area contributed by atoms with E-state index in [0.29, 0.717) is 23.7 Å². The van der Waals surface area contributed by atoms with E-state index in [9.17, 15) is 15.0 Å². The Morgan fingerprint density at radius 2 is 1.78 bits per heavy atom. The van der Waals surface area contributed by atoms with Crippen molar-refractivity contribution in [2.45, 2.75) is 103 Å². The maximum Gasteiger partial charge on any atom is 0.171 e. The molecule has 6 rings (SSSR count). The third-order valence-electron chi connectivity index (χ3n) is 11.8. The van der Waals surface area contributed by atoms with E-state index in [1.54, 1.807) is 0 Å². The van der Waals surface area contributed by atoms with E-state index < -0.39 is 17.3 Å². The lowest BCUT2D eigenvalue weighted by atomic mass is 9.43. The first-order chi connectivity index (χ1) is 15.1. The number of carbonyl (C=O) groups is 1. The third kappa shape index (κ3) is 2.63. The predicted molar refractivity (Wildman–Crippen MR) is 120 cm³/mol. The molecule has 6 aliphatic rings. The highest BCUT2D eigenvalue weighted by atomic mass is 16.7. The van der Waals surface area contributed by atoms with Crippen molar-refractivity contribution in [1.82, 2.24) is 0 Å². The first-order valence-corrected chi connectivity index (χ1v) is 13.3. The fourth-order valence-electron chi connectivity index (χ4n) is 10.0. The van der Waals surface area contributed by atoms with Crippen LogP contribution in [0.3, 0.4) is 0 Å². The number of Topliss-reactive ketones (excluding diaryl/α,β-unsaturated/α-hetero) is 1. The first-order valence-electron chi connectivity index (χ1n) is 13.3. The van der Waals surface area contributed by atoms with Gasteiger partial charge in [0.2, 0.25) is 0 Å².